The first-order chi connectivity index (χ1) is 9.45. The fourth-order valence-corrected chi connectivity index (χ4v) is 4.54. The first-order valence-electron chi connectivity index (χ1n) is 6.29. The average Bonchev–Trinajstić information content (AvgIpc) is 2.88. The van der Waals surface area contributed by atoms with Crippen LogP contribution in [0.25, 0.3) is 0 Å². The second kappa shape index (κ2) is 5.95. The van der Waals surface area contributed by atoms with Gasteiger partial charge in [0.15, 0.2) is 0 Å². The quantitative estimate of drug-likeness (QED) is 0.922. The van der Waals surface area contributed by atoms with Crippen LogP contribution in [0.15, 0.2) is 40.6 Å². The molecule has 0 aliphatic heterocycles. The minimum atomic E-state index is -3.49. The van der Waals surface area contributed by atoms with Crippen molar-refractivity contribution in [1.82, 2.24) is 0 Å². The summed E-state index contributed by atoms with van der Waals surface area (Å²) in [6.07, 6.45) is 0.703. The molecule has 0 amide bonds. The molecule has 108 valence electrons. The van der Waals surface area contributed by atoms with Gasteiger partial charge < -0.3 is 5.73 Å². The summed E-state index contributed by atoms with van der Waals surface area (Å²) >= 11 is 1.28. The van der Waals surface area contributed by atoms with Gasteiger partial charge in [0.05, 0.1) is 5.69 Å². The monoisotopic (exact) mass is 310 g/mol. The minimum absolute atomic E-state index is 0.351. The Bertz CT molecular complexity index is 675. The van der Waals surface area contributed by atoms with Gasteiger partial charge in [-0.25, -0.2) is 8.42 Å². The zero-order valence-electron chi connectivity index (χ0n) is 11.5. The van der Waals surface area contributed by atoms with Gasteiger partial charge in [-0.1, -0.05) is 17.7 Å². The second-order valence-electron chi connectivity index (χ2n) is 4.57. The first kappa shape index (κ1) is 15.0. The van der Waals surface area contributed by atoms with Crippen LogP contribution in [-0.4, -0.2) is 22.0 Å². The van der Waals surface area contributed by atoms with E-state index < -0.39 is 10.0 Å². The van der Waals surface area contributed by atoms with E-state index in [0.717, 1.165) is 10.4 Å². The van der Waals surface area contributed by atoms with Gasteiger partial charge in [-0.3, -0.25) is 4.31 Å². The van der Waals surface area contributed by atoms with Gasteiger partial charge in [0, 0.05) is 11.9 Å². The Morgan fingerprint density at radius 1 is 1.15 bits per heavy atom. The molecular weight excluding hydrogens is 292 g/mol. The summed E-state index contributed by atoms with van der Waals surface area (Å²) in [4.78, 5) is 0.989. The standard InChI is InChI=1S/C14H18N2O2S2/c1-11-3-5-12(6-4-11)16(2)20(17,18)14-8-7-13(19-14)9-10-15/h3-8H,9-10,15H2,1-2H3. The van der Waals surface area contributed by atoms with Crippen LogP contribution in [0.1, 0.15) is 10.4 Å². The molecule has 1 aromatic heterocycles. The maximum absolute atomic E-state index is 12.5. The Morgan fingerprint density at radius 2 is 1.80 bits per heavy atom. The maximum Gasteiger partial charge on any atom is 0.273 e. The van der Waals surface area contributed by atoms with Gasteiger partial charge >= 0.3 is 0 Å². The number of hydrogen-bond donors (Lipinski definition) is 1. The third kappa shape index (κ3) is 3.03. The van der Waals surface area contributed by atoms with Crippen LogP contribution in [0.4, 0.5) is 5.69 Å². The lowest BCUT2D eigenvalue weighted by Crippen LogP contribution is -2.25. The molecule has 0 atom stereocenters. The Hall–Kier alpha value is -1.37. The van der Waals surface area contributed by atoms with E-state index in [1.807, 2.05) is 25.1 Å². The van der Waals surface area contributed by atoms with E-state index in [1.54, 1.807) is 25.2 Å². The molecule has 2 N–H and O–H groups in total. The summed E-state index contributed by atoms with van der Waals surface area (Å²) in [5.74, 6) is 0. The minimum Gasteiger partial charge on any atom is -0.330 e. The molecule has 0 fully saturated rings. The summed E-state index contributed by atoms with van der Waals surface area (Å²) in [5, 5.41) is 0. The normalized spacial score (nSPS) is 11.6. The van der Waals surface area contributed by atoms with Crippen molar-refractivity contribution < 1.29 is 8.42 Å². The lowest BCUT2D eigenvalue weighted by Gasteiger charge is -2.18. The van der Waals surface area contributed by atoms with Gasteiger partial charge in [0.1, 0.15) is 4.21 Å². The van der Waals surface area contributed by atoms with Crippen LogP contribution in [0, 0.1) is 6.92 Å². The first-order valence-corrected chi connectivity index (χ1v) is 8.55. The molecule has 1 aromatic carbocycles. The van der Waals surface area contributed by atoms with E-state index in [9.17, 15) is 8.42 Å². The van der Waals surface area contributed by atoms with Gasteiger partial charge in [0.2, 0.25) is 0 Å². The number of sulfonamides is 1. The van der Waals surface area contributed by atoms with Crippen molar-refractivity contribution in [2.75, 3.05) is 17.9 Å². The highest BCUT2D eigenvalue weighted by Gasteiger charge is 2.23. The number of anilines is 1. The lowest BCUT2D eigenvalue weighted by molar-refractivity contribution is 0.596. The molecule has 0 radical (unpaired) electrons. The molecule has 4 nitrogen and oxygen atoms in total. The van der Waals surface area contributed by atoms with Crippen molar-refractivity contribution in [2.45, 2.75) is 17.6 Å². The number of benzene rings is 1. The number of nitrogens with two attached hydrogens (primary N) is 1. The Labute approximate surface area is 123 Å². The van der Waals surface area contributed by atoms with Crippen LogP contribution in [0.2, 0.25) is 0 Å². The SMILES string of the molecule is Cc1ccc(N(C)S(=O)(=O)c2ccc(CCN)s2)cc1. The van der Waals surface area contributed by atoms with E-state index in [2.05, 4.69) is 0 Å². The maximum atomic E-state index is 12.5. The van der Waals surface area contributed by atoms with Crippen molar-refractivity contribution in [1.29, 1.82) is 0 Å². The zero-order valence-corrected chi connectivity index (χ0v) is 13.2. The van der Waals surface area contributed by atoms with Crippen LogP contribution in [0.3, 0.4) is 0 Å². The molecule has 0 saturated heterocycles. The van der Waals surface area contributed by atoms with E-state index in [1.165, 1.54) is 15.6 Å². The third-order valence-corrected chi connectivity index (χ3v) is 6.44. The Balaban J connectivity index is 2.30. The zero-order chi connectivity index (χ0) is 14.8. The molecule has 0 saturated carbocycles. The van der Waals surface area contributed by atoms with E-state index >= 15 is 0 Å². The second-order valence-corrected chi connectivity index (χ2v) is 7.93. The highest BCUT2D eigenvalue weighted by atomic mass is 32.2. The molecule has 0 spiro atoms. The fraction of sp³-hybridized carbons (Fsp3) is 0.286. The number of aryl methyl sites for hydroxylation is 1. The molecule has 1 heterocycles. The van der Waals surface area contributed by atoms with Crippen molar-refractivity contribution in [3.05, 3.63) is 46.8 Å². The van der Waals surface area contributed by atoms with E-state index in [-0.39, 0.29) is 0 Å². The third-order valence-electron chi connectivity index (χ3n) is 3.04. The molecule has 2 aromatic rings. The lowest BCUT2D eigenvalue weighted by atomic mass is 10.2. The summed E-state index contributed by atoms with van der Waals surface area (Å²) in [5.41, 5.74) is 7.25. The number of hydrogen-bond acceptors (Lipinski definition) is 4. The molecular formula is C14H18N2O2S2. The Kier molecular flexibility index (Phi) is 4.47. The molecule has 0 unspecified atom stereocenters. The number of thiophene rings is 1. The highest BCUT2D eigenvalue weighted by molar-refractivity contribution is 7.94. The fourth-order valence-electron chi connectivity index (χ4n) is 1.80. The summed E-state index contributed by atoms with van der Waals surface area (Å²) in [7, 11) is -1.92. The van der Waals surface area contributed by atoms with Crippen molar-refractivity contribution >= 4 is 27.0 Å². The van der Waals surface area contributed by atoms with Crippen LogP contribution in [0.5, 0.6) is 0 Å². The highest BCUT2D eigenvalue weighted by Crippen LogP contribution is 2.27. The topological polar surface area (TPSA) is 63.4 Å². The smallest absolute Gasteiger partial charge is 0.273 e. The van der Waals surface area contributed by atoms with Gasteiger partial charge in [-0.15, -0.1) is 11.3 Å². The molecule has 20 heavy (non-hydrogen) atoms. The number of rotatable bonds is 5. The Morgan fingerprint density at radius 3 is 2.40 bits per heavy atom. The van der Waals surface area contributed by atoms with Gasteiger partial charge in [-0.05, 0) is 44.2 Å². The predicted molar refractivity (Wildman–Crippen MR) is 83.8 cm³/mol. The average molecular weight is 310 g/mol. The predicted octanol–water partition coefficient (Wildman–Crippen LogP) is 2.38. The molecule has 0 bridgehead atoms. The van der Waals surface area contributed by atoms with E-state index in [0.29, 0.717) is 22.9 Å². The number of nitrogens with zero attached hydrogens (tertiary/aromatic N) is 1. The molecule has 0 aliphatic rings. The summed E-state index contributed by atoms with van der Waals surface area (Å²) in [6.45, 7) is 2.49. The summed E-state index contributed by atoms with van der Waals surface area (Å²) in [6, 6.07) is 10.9. The summed E-state index contributed by atoms with van der Waals surface area (Å²) < 4.78 is 26.7. The van der Waals surface area contributed by atoms with Gasteiger partial charge in [0.25, 0.3) is 10.0 Å². The van der Waals surface area contributed by atoms with E-state index in [4.69, 9.17) is 5.73 Å². The molecule has 6 heteroatoms. The van der Waals surface area contributed by atoms with Gasteiger partial charge in [-0.2, -0.15) is 0 Å². The van der Waals surface area contributed by atoms with Crippen LogP contribution >= 0.6 is 11.3 Å². The molecule has 0 aliphatic carbocycles. The van der Waals surface area contributed by atoms with Crippen molar-refractivity contribution in [3.8, 4) is 0 Å². The van der Waals surface area contributed by atoms with Crippen molar-refractivity contribution in [2.24, 2.45) is 5.73 Å². The van der Waals surface area contributed by atoms with Crippen LogP contribution in [-0.2, 0) is 16.4 Å². The van der Waals surface area contributed by atoms with Crippen molar-refractivity contribution in [3.63, 3.8) is 0 Å². The largest absolute Gasteiger partial charge is 0.330 e. The van der Waals surface area contributed by atoms with Crippen LogP contribution < -0.4 is 10.0 Å². The molecule has 2 rings (SSSR count).